The van der Waals surface area contributed by atoms with E-state index in [-0.39, 0.29) is 16.4 Å². The minimum Gasteiger partial charge on any atom is -0.353 e. The average molecular weight is 425 g/mol. The number of sulfonamides is 1. The maximum atomic E-state index is 12.8. The first kappa shape index (κ1) is 17.8. The van der Waals surface area contributed by atoms with Gasteiger partial charge in [0.2, 0.25) is 10.0 Å². The van der Waals surface area contributed by atoms with Crippen LogP contribution in [0.3, 0.4) is 0 Å². The Morgan fingerprint density at radius 1 is 1.12 bits per heavy atom. The summed E-state index contributed by atoms with van der Waals surface area (Å²) < 4.78 is 23.6. The molecule has 1 aromatic heterocycles. The van der Waals surface area contributed by atoms with Crippen molar-refractivity contribution >= 4 is 37.7 Å². The first-order valence-electron chi connectivity index (χ1n) is 7.64. The standard InChI is InChI=1S/C16H17BrN4O3S/c17-14-5-4-12(25(18,23)24)11-13(14)16(22)21-9-7-20(8-10-21)15-3-1-2-6-19-15/h1-6,11H,7-10H2,(H2,18,23,24). The zero-order valence-electron chi connectivity index (χ0n) is 13.3. The van der Waals surface area contributed by atoms with Gasteiger partial charge >= 0.3 is 0 Å². The molecule has 9 heteroatoms. The fourth-order valence-electron chi connectivity index (χ4n) is 2.70. The van der Waals surface area contributed by atoms with Gasteiger partial charge in [0.1, 0.15) is 5.82 Å². The van der Waals surface area contributed by atoms with Crippen molar-refractivity contribution in [1.82, 2.24) is 9.88 Å². The molecule has 2 heterocycles. The molecule has 7 nitrogen and oxygen atoms in total. The quantitative estimate of drug-likeness (QED) is 0.803. The van der Waals surface area contributed by atoms with Crippen molar-refractivity contribution in [3.63, 3.8) is 0 Å². The Morgan fingerprint density at radius 2 is 1.84 bits per heavy atom. The molecule has 1 amide bonds. The lowest BCUT2D eigenvalue weighted by molar-refractivity contribution is 0.0745. The summed E-state index contributed by atoms with van der Waals surface area (Å²) in [5.41, 5.74) is 0.290. The molecule has 1 aliphatic rings. The van der Waals surface area contributed by atoms with Crippen LogP contribution in [0.15, 0.2) is 52.0 Å². The normalized spacial score (nSPS) is 15.3. The second kappa shape index (κ2) is 7.11. The van der Waals surface area contributed by atoms with Crippen LogP contribution in [-0.4, -0.2) is 50.4 Å². The van der Waals surface area contributed by atoms with Crippen LogP contribution in [0.5, 0.6) is 0 Å². The van der Waals surface area contributed by atoms with Gasteiger partial charge in [-0.3, -0.25) is 4.79 Å². The van der Waals surface area contributed by atoms with Gasteiger partial charge in [-0.05, 0) is 46.3 Å². The van der Waals surface area contributed by atoms with Crippen LogP contribution in [-0.2, 0) is 10.0 Å². The molecule has 1 fully saturated rings. The molecule has 1 aliphatic heterocycles. The molecular formula is C16H17BrN4O3S. The number of hydrogen-bond acceptors (Lipinski definition) is 5. The van der Waals surface area contributed by atoms with E-state index in [1.807, 2.05) is 18.2 Å². The van der Waals surface area contributed by atoms with Gasteiger partial charge in [-0.15, -0.1) is 0 Å². The predicted octanol–water partition coefficient (Wildman–Crippen LogP) is 1.45. The fourth-order valence-corrected chi connectivity index (χ4v) is 3.65. The average Bonchev–Trinajstić information content (AvgIpc) is 2.61. The highest BCUT2D eigenvalue weighted by Crippen LogP contribution is 2.23. The van der Waals surface area contributed by atoms with E-state index < -0.39 is 10.0 Å². The topological polar surface area (TPSA) is 96.6 Å². The SMILES string of the molecule is NS(=O)(=O)c1ccc(Br)c(C(=O)N2CCN(c3ccccn3)CC2)c1. The largest absolute Gasteiger partial charge is 0.353 e. The molecule has 2 N–H and O–H groups in total. The number of primary sulfonamides is 1. The van der Waals surface area contributed by atoms with E-state index in [0.29, 0.717) is 30.7 Å². The number of hydrogen-bond donors (Lipinski definition) is 1. The maximum Gasteiger partial charge on any atom is 0.255 e. The van der Waals surface area contributed by atoms with Gasteiger partial charge in [0.25, 0.3) is 5.91 Å². The summed E-state index contributed by atoms with van der Waals surface area (Å²) in [5.74, 6) is 0.657. The highest BCUT2D eigenvalue weighted by molar-refractivity contribution is 9.10. The highest BCUT2D eigenvalue weighted by Gasteiger charge is 2.25. The number of rotatable bonds is 3. The molecule has 0 radical (unpaired) electrons. The zero-order valence-corrected chi connectivity index (χ0v) is 15.7. The van der Waals surface area contributed by atoms with Crippen molar-refractivity contribution in [3.05, 3.63) is 52.6 Å². The van der Waals surface area contributed by atoms with Crippen LogP contribution in [0.25, 0.3) is 0 Å². The number of halogens is 1. The Labute approximate surface area is 154 Å². The van der Waals surface area contributed by atoms with Gasteiger partial charge in [0, 0.05) is 36.8 Å². The number of benzene rings is 1. The second-order valence-electron chi connectivity index (χ2n) is 5.65. The van der Waals surface area contributed by atoms with Crippen LogP contribution in [0.2, 0.25) is 0 Å². The first-order valence-corrected chi connectivity index (χ1v) is 9.98. The Bertz CT molecular complexity index is 882. The third kappa shape index (κ3) is 4.00. The number of nitrogens with zero attached hydrogens (tertiary/aromatic N) is 3. The van der Waals surface area contributed by atoms with E-state index in [9.17, 15) is 13.2 Å². The summed E-state index contributed by atoms with van der Waals surface area (Å²) >= 11 is 3.31. The molecule has 132 valence electrons. The molecule has 0 atom stereocenters. The summed E-state index contributed by atoms with van der Waals surface area (Å²) in [5, 5.41) is 5.16. The minimum absolute atomic E-state index is 0.0776. The van der Waals surface area contributed by atoms with E-state index in [1.165, 1.54) is 18.2 Å². The van der Waals surface area contributed by atoms with Gasteiger partial charge in [0.15, 0.2) is 0 Å². The number of nitrogens with two attached hydrogens (primary N) is 1. The number of amides is 1. The zero-order chi connectivity index (χ0) is 18.0. The number of carbonyl (C=O) groups is 1. The lowest BCUT2D eigenvalue weighted by Gasteiger charge is -2.35. The molecule has 25 heavy (non-hydrogen) atoms. The summed E-state index contributed by atoms with van der Waals surface area (Å²) in [6.45, 7) is 2.38. The van der Waals surface area contributed by atoms with Gasteiger partial charge in [0.05, 0.1) is 10.5 Å². The molecule has 0 bridgehead atoms. The maximum absolute atomic E-state index is 12.8. The summed E-state index contributed by atoms with van der Waals surface area (Å²) in [7, 11) is -3.86. The van der Waals surface area contributed by atoms with Gasteiger partial charge in [-0.2, -0.15) is 0 Å². The van der Waals surface area contributed by atoms with Crippen molar-refractivity contribution in [3.8, 4) is 0 Å². The molecule has 0 spiro atoms. The van der Waals surface area contributed by atoms with E-state index >= 15 is 0 Å². The number of pyridine rings is 1. The second-order valence-corrected chi connectivity index (χ2v) is 8.07. The highest BCUT2D eigenvalue weighted by atomic mass is 79.9. The van der Waals surface area contributed by atoms with Gasteiger partial charge in [-0.1, -0.05) is 6.07 Å². The Balaban J connectivity index is 1.75. The first-order chi connectivity index (χ1) is 11.9. The van der Waals surface area contributed by atoms with Crippen molar-refractivity contribution in [2.45, 2.75) is 4.90 Å². The molecule has 1 saturated heterocycles. The van der Waals surface area contributed by atoms with Crippen molar-refractivity contribution < 1.29 is 13.2 Å². The smallest absolute Gasteiger partial charge is 0.255 e. The van der Waals surface area contributed by atoms with Crippen LogP contribution >= 0.6 is 15.9 Å². The monoisotopic (exact) mass is 424 g/mol. The van der Waals surface area contributed by atoms with Crippen LogP contribution in [0, 0.1) is 0 Å². The molecule has 0 unspecified atom stereocenters. The van der Waals surface area contributed by atoms with Gasteiger partial charge < -0.3 is 9.80 Å². The molecular weight excluding hydrogens is 408 g/mol. The van der Waals surface area contributed by atoms with Crippen LogP contribution in [0.1, 0.15) is 10.4 Å². The summed E-state index contributed by atoms with van der Waals surface area (Å²) in [6, 6.07) is 9.93. The molecule has 3 rings (SSSR count). The van der Waals surface area contributed by atoms with Crippen molar-refractivity contribution in [1.29, 1.82) is 0 Å². The van der Waals surface area contributed by atoms with Gasteiger partial charge in [-0.25, -0.2) is 18.5 Å². The summed E-state index contributed by atoms with van der Waals surface area (Å²) in [4.78, 5) is 20.8. The molecule has 1 aromatic carbocycles. The molecule has 0 aliphatic carbocycles. The van der Waals surface area contributed by atoms with E-state index in [4.69, 9.17) is 5.14 Å². The Hall–Kier alpha value is -1.97. The molecule has 2 aromatic rings. The van der Waals surface area contributed by atoms with Crippen LogP contribution < -0.4 is 10.0 Å². The van der Waals surface area contributed by atoms with E-state index in [2.05, 4.69) is 25.8 Å². The lowest BCUT2D eigenvalue weighted by atomic mass is 10.2. The third-order valence-corrected chi connectivity index (χ3v) is 5.64. The Kier molecular flexibility index (Phi) is 5.07. The predicted molar refractivity (Wildman–Crippen MR) is 97.9 cm³/mol. The number of carbonyl (C=O) groups excluding carboxylic acids is 1. The summed E-state index contributed by atoms with van der Waals surface area (Å²) in [6.07, 6.45) is 1.74. The fraction of sp³-hybridized carbons (Fsp3) is 0.250. The number of anilines is 1. The van der Waals surface area contributed by atoms with E-state index in [1.54, 1.807) is 11.1 Å². The van der Waals surface area contributed by atoms with Crippen molar-refractivity contribution in [2.24, 2.45) is 5.14 Å². The minimum atomic E-state index is -3.86. The lowest BCUT2D eigenvalue weighted by Crippen LogP contribution is -2.49. The number of piperazine rings is 1. The molecule has 0 saturated carbocycles. The van der Waals surface area contributed by atoms with Crippen LogP contribution in [0.4, 0.5) is 5.82 Å². The van der Waals surface area contributed by atoms with Crippen molar-refractivity contribution in [2.75, 3.05) is 31.1 Å². The Morgan fingerprint density at radius 3 is 2.44 bits per heavy atom. The third-order valence-electron chi connectivity index (χ3n) is 4.04. The number of aromatic nitrogens is 1. The van der Waals surface area contributed by atoms with E-state index in [0.717, 1.165) is 5.82 Å².